The van der Waals surface area contributed by atoms with E-state index >= 15 is 0 Å². The smallest absolute Gasteiger partial charge is 0.343 e. The first-order valence-corrected chi connectivity index (χ1v) is 8.62. The number of aromatic carboxylic acids is 1. The molecule has 2 N–H and O–H groups in total. The number of benzene rings is 1. The summed E-state index contributed by atoms with van der Waals surface area (Å²) < 4.78 is 0. The minimum Gasteiger partial charge on any atom is -0.477 e. The number of nitriles is 1. The zero-order chi connectivity index (χ0) is 18.8. The number of carbonyl (C=O) groups excluding carboxylic acids is 1. The number of carboxylic acid groups (broad SMARTS) is 1. The molecule has 0 saturated heterocycles. The number of nitrogens with one attached hydrogen (secondary N) is 1. The molecule has 26 heavy (non-hydrogen) atoms. The fourth-order valence-electron chi connectivity index (χ4n) is 3.05. The van der Waals surface area contributed by atoms with Gasteiger partial charge in [0.15, 0.2) is 0 Å². The normalized spacial score (nSPS) is 12.7. The third-order valence-electron chi connectivity index (χ3n) is 4.21. The van der Waals surface area contributed by atoms with Gasteiger partial charge in [0.1, 0.15) is 16.6 Å². The molecule has 0 atom stereocenters. The van der Waals surface area contributed by atoms with Crippen LogP contribution in [0, 0.1) is 21.4 Å². The van der Waals surface area contributed by atoms with E-state index in [9.17, 15) is 30.1 Å². The Morgan fingerprint density at radius 3 is 2.69 bits per heavy atom. The molecule has 0 fully saturated rings. The molecule has 1 aromatic carbocycles. The summed E-state index contributed by atoms with van der Waals surface area (Å²) in [5.41, 5.74) is -0.329. The topological polar surface area (TPSA) is 133 Å². The van der Waals surface area contributed by atoms with Crippen LogP contribution in [0.3, 0.4) is 0 Å². The van der Waals surface area contributed by atoms with Crippen molar-refractivity contribution in [2.24, 2.45) is 0 Å². The van der Waals surface area contributed by atoms with Crippen molar-refractivity contribution >= 4 is 33.9 Å². The van der Waals surface area contributed by atoms with E-state index in [4.69, 9.17) is 0 Å². The number of hydrogen-bond acceptors (Lipinski definition) is 6. The average Bonchev–Trinajstić information content (AvgIpc) is 2.97. The Balaban J connectivity index is 2.01. The highest BCUT2D eigenvalue weighted by molar-refractivity contribution is 7.16. The molecule has 1 aliphatic rings. The minimum atomic E-state index is -1.56. The molecule has 1 aromatic heterocycles. The number of amides is 1. The summed E-state index contributed by atoms with van der Waals surface area (Å²) in [6.45, 7) is 0. The number of nitro benzene ring substituents is 1. The molecule has 132 valence electrons. The van der Waals surface area contributed by atoms with Crippen LogP contribution < -0.4 is 5.32 Å². The van der Waals surface area contributed by atoms with Crippen molar-refractivity contribution in [3.8, 4) is 6.07 Å². The summed E-state index contributed by atoms with van der Waals surface area (Å²) in [6.07, 6.45) is 3.59. The number of nitrogens with zero attached hydrogens (tertiary/aromatic N) is 2. The van der Waals surface area contributed by atoms with Crippen LogP contribution >= 0.6 is 11.3 Å². The highest BCUT2D eigenvalue weighted by Gasteiger charge is 2.28. The van der Waals surface area contributed by atoms with Gasteiger partial charge in [0.25, 0.3) is 11.6 Å². The molecule has 0 spiro atoms. The number of carboxylic acids is 1. The number of aryl methyl sites for hydroxylation is 1. The second kappa shape index (κ2) is 6.93. The molecule has 0 bridgehead atoms. The summed E-state index contributed by atoms with van der Waals surface area (Å²) in [4.78, 5) is 35.3. The summed E-state index contributed by atoms with van der Waals surface area (Å²) in [5, 5.41) is 32.7. The van der Waals surface area contributed by atoms with E-state index in [0.29, 0.717) is 10.6 Å². The molecule has 9 heteroatoms. The molecule has 0 aliphatic heterocycles. The molecule has 0 radical (unpaired) electrons. The lowest BCUT2D eigenvalue weighted by atomic mass is 9.96. The van der Waals surface area contributed by atoms with Crippen molar-refractivity contribution in [1.29, 1.82) is 5.26 Å². The van der Waals surface area contributed by atoms with Crippen LogP contribution in [0.5, 0.6) is 0 Å². The average molecular weight is 371 g/mol. The molecule has 0 unspecified atom stereocenters. The van der Waals surface area contributed by atoms with Gasteiger partial charge in [-0.3, -0.25) is 14.9 Å². The van der Waals surface area contributed by atoms with E-state index in [1.54, 1.807) is 0 Å². The van der Waals surface area contributed by atoms with Gasteiger partial charge in [0, 0.05) is 10.9 Å². The largest absolute Gasteiger partial charge is 0.477 e. The van der Waals surface area contributed by atoms with Crippen LogP contribution in [0.25, 0.3) is 0 Å². The Morgan fingerprint density at radius 1 is 1.31 bits per heavy atom. The van der Waals surface area contributed by atoms with Crippen molar-refractivity contribution in [3.05, 3.63) is 55.4 Å². The van der Waals surface area contributed by atoms with Crippen LogP contribution in [0.15, 0.2) is 18.2 Å². The standard InChI is InChI=1S/C17H13N3O5S/c18-8-11-9-4-1-2-7-13(9)26-16(11)19-15(21)10-5-3-6-12(20(24)25)14(10)17(22)23/h3,5-6H,1-2,4,7H2,(H,19,21)(H,22,23). The maximum Gasteiger partial charge on any atom is 0.343 e. The lowest BCUT2D eigenvalue weighted by Crippen LogP contribution is -2.17. The summed E-state index contributed by atoms with van der Waals surface area (Å²) in [5.74, 6) is -2.35. The van der Waals surface area contributed by atoms with Crippen molar-refractivity contribution in [1.82, 2.24) is 0 Å². The molecule has 1 heterocycles. The Bertz CT molecular complexity index is 974. The van der Waals surface area contributed by atoms with Crippen LogP contribution in [-0.2, 0) is 12.8 Å². The first-order valence-electron chi connectivity index (χ1n) is 7.80. The van der Waals surface area contributed by atoms with Gasteiger partial charge >= 0.3 is 5.97 Å². The number of rotatable bonds is 4. The maximum absolute atomic E-state index is 12.6. The van der Waals surface area contributed by atoms with Crippen molar-refractivity contribution in [3.63, 3.8) is 0 Å². The van der Waals surface area contributed by atoms with Crippen molar-refractivity contribution < 1.29 is 19.6 Å². The molecular formula is C17H13N3O5S. The van der Waals surface area contributed by atoms with Gasteiger partial charge in [-0.05, 0) is 37.3 Å². The van der Waals surface area contributed by atoms with Gasteiger partial charge in [-0.25, -0.2) is 4.79 Å². The van der Waals surface area contributed by atoms with Gasteiger partial charge in [-0.1, -0.05) is 6.07 Å². The molecule has 8 nitrogen and oxygen atoms in total. The molecular weight excluding hydrogens is 358 g/mol. The van der Waals surface area contributed by atoms with Gasteiger partial charge < -0.3 is 10.4 Å². The highest BCUT2D eigenvalue weighted by Crippen LogP contribution is 2.38. The number of thiophene rings is 1. The molecule has 0 saturated carbocycles. The molecule has 3 rings (SSSR count). The monoisotopic (exact) mass is 371 g/mol. The van der Waals surface area contributed by atoms with Crippen LogP contribution in [0.2, 0.25) is 0 Å². The minimum absolute atomic E-state index is 0.318. The quantitative estimate of drug-likeness (QED) is 0.625. The van der Waals surface area contributed by atoms with E-state index in [2.05, 4.69) is 11.4 Å². The van der Waals surface area contributed by atoms with E-state index in [1.165, 1.54) is 23.5 Å². The fraction of sp³-hybridized carbons (Fsp3) is 0.235. The predicted octanol–water partition coefficient (Wildman–Crippen LogP) is 3.36. The summed E-state index contributed by atoms with van der Waals surface area (Å²) in [6, 6.07) is 5.60. The van der Waals surface area contributed by atoms with E-state index in [0.717, 1.165) is 42.2 Å². The Morgan fingerprint density at radius 2 is 2.04 bits per heavy atom. The van der Waals surface area contributed by atoms with Crippen LogP contribution in [-0.4, -0.2) is 21.9 Å². The molecule has 1 amide bonds. The molecule has 1 aliphatic carbocycles. The zero-order valence-corrected chi connectivity index (χ0v) is 14.3. The third-order valence-corrected chi connectivity index (χ3v) is 5.42. The Hall–Kier alpha value is -3.25. The highest BCUT2D eigenvalue weighted by atomic mass is 32.1. The number of fused-ring (bicyclic) bond motifs is 1. The number of anilines is 1. The number of nitro groups is 1. The molecule has 2 aromatic rings. The number of carbonyl (C=O) groups is 2. The van der Waals surface area contributed by atoms with Gasteiger partial charge in [0.05, 0.1) is 16.1 Å². The summed E-state index contributed by atoms with van der Waals surface area (Å²) >= 11 is 1.30. The Kier molecular flexibility index (Phi) is 4.69. The summed E-state index contributed by atoms with van der Waals surface area (Å²) in [7, 11) is 0. The van der Waals surface area contributed by atoms with Gasteiger partial charge in [-0.15, -0.1) is 11.3 Å². The van der Waals surface area contributed by atoms with Crippen molar-refractivity contribution in [2.75, 3.05) is 5.32 Å². The maximum atomic E-state index is 12.6. The van der Waals surface area contributed by atoms with E-state index in [1.807, 2.05) is 0 Å². The van der Waals surface area contributed by atoms with Crippen LogP contribution in [0.1, 0.15) is 49.6 Å². The zero-order valence-electron chi connectivity index (χ0n) is 13.4. The third kappa shape index (κ3) is 3.02. The second-order valence-electron chi connectivity index (χ2n) is 5.74. The second-order valence-corrected chi connectivity index (χ2v) is 6.85. The van der Waals surface area contributed by atoms with Crippen molar-refractivity contribution in [2.45, 2.75) is 25.7 Å². The number of hydrogen-bond donors (Lipinski definition) is 2. The van der Waals surface area contributed by atoms with Gasteiger partial charge in [0.2, 0.25) is 0 Å². The van der Waals surface area contributed by atoms with E-state index < -0.39 is 28.1 Å². The van der Waals surface area contributed by atoms with E-state index in [-0.39, 0.29) is 5.56 Å². The first-order chi connectivity index (χ1) is 12.4. The van der Waals surface area contributed by atoms with Crippen LogP contribution in [0.4, 0.5) is 10.7 Å². The Labute approximate surface area is 151 Å². The fourth-order valence-corrected chi connectivity index (χ4v) is 4.28. The SMILES string of the molecule is N#Cc1c(NC(=O)c2cccc([N+](=O)[O-])c2C(=O)O)sc2c1CCCC2. The van der Waals surface area contributed by atoms with Gasteiger partial charge in [-0.2, -0.15) is 5.26 Å². The lowest BCUT2D eigenvalue weighted by Gasteiger charge is -2.09. The first kappa shape index (κ1) is 17.6. The predicted molar refractivity (Wildman–Crippen MR) is 93.7 cm³/mol. The lowest BCUT2D eigenvalue weighted by molar-refractivity contribution is -0.385.